The average Bonchev–Trinajstić information content (AvgIpc) is 2.99. The van der Waals surface area contributed by atoms with Crippen molar-refractivity contribution in [2.45, 2.75) is 27.7 Å². The summed E-state index contributed by atoms with van der Waals surface area (Å²) in [5.41, 5.74) is 1.64. The van der Waals surface area contributed by atoms with Gasteiger partial charge < -0.3 is 9.80 Å². The molecule has 0 spiro atoms. The average molecular weight is 398 g/mol. The number of nitrogens with zero attached hydrogens (tertiary/aromatic N) is 3. The Hall–Kier alpha value is -1.50. The molecule has 2 aromatic rings. The van der Waals surface area contributed by atoms with Crippen LogP contribution in [0.2, 0.25) is 5.02 Å². The van der Waals surface area contributed by atoms with E-state index in [9.17, 15) is 9.18 Å². The van der Waals surface area contributed by atoms with E-state index in [1.165, 1.54) is 17.4 Å². The minimum atomic E-state index is -0.428. The topological polar surface area (TPSA) is 36.4 Å². The van der Waals surface area contributed by atoms with Crippen LogP contribution < -0.4 is 0 Å². The Morgan fingerprint density at radius 1 is 1.23 bits per heavy atom. The molecule has 1 aromatic heterocycles. The van der Waals surface area contributed by atoms with Crippen LogP contribution in [-0.2, 0) is 0 Å². The summed E-state index contributed by atoms with van der Waals surface area (Å²) in [5, 5.41) is 0.779. The first kappa shape index (κ1) is 20.8. The highest BCUT2D eigenvalue weighted by Crippen LogP contribution is 2.36. The molecule has 0 aliphatic carbocycles. The minimum absolute atomic E-state index is 0.0948. The summed E-state index contributed by atoms with van der Waals surface area (Å²) < 4.78 is 14.3. The van der Waals surface area contributed by atoms with Crippen molar-refractivity contribution in [3.8, 4) is 10.6 Å². The number of carbonyl (C=O) groups excluding carboxylic acids is 1. The molecule has 0 saturated heterocycles. The number of halogens is 2. The van der Waals surface area contributed by atoms with Crippen LogP contribution in [0.1, 0.15) is 34.8 Å². The molecular weight excluding hydrogens is 373 g/mol. The van der Waals surface area contributed by atoms with Crippen molar-refractivity contribution in [1.82, 2.24) is 14.8 Å². The summed E-state index contributed by atoms with van der Waals surface area (Å²) >= 11 is 7.47. The van der Waals surface area contributed by atoms with Gasteiger partial charge in [-0.15, -0.1) is 11.3 Å². The maximum Gasteiger partial charge on any atom is 0.265 e. The molecule has 0 saturated carbocycles. The van der Waals surface area contributed by atoms with Gasteiger partial charge in [0, 0.05) is 20.1 Å². The Balaban J connectivity index is 2.25. The van der Waals surface area contributed by atoms with E-state index < -0.39 is 5.82 Å². The number of likely N-dealkylation sites (N-methyl/N-ethyl adjacent to an activating group) is 2. The fourth-order valence-corrected chi connectivity index (χ4v) is 4.07. The Morgan fingerprint density at radius 3 is 2.50 bits per heavy atom. The third kappa shape index (κ3) is 4.42. The number of aromatic nitrogens is 1. The lowest BCUT2D eigenvalue weighted by Gasteiger charge is -2.22. The van der Waals surface area contributed by atoms with Gasteiger partial charge in [-0.2, -0.15) is 0 Å². The van der Waals surface area contributed by atoms with Crippen LogP contribution in [0.5, 0.6) is 0 Å². The van der Waals surface area contributed by atoms with Gasteiger partial charge in [0.15, 0.2) is 0 Å². The molecule has 0 fully saturated rings. The highest BCUT2D eigenvalue weighted by Gasteiger charge is 2.23. The molecule has 0 atom stereocenters. The number of hydrogen-bond acceptors (Lipinski definition) is 4. The minimum Gasteiger partial charge on any atom is -0.340 e. The van der Waals surface area contributed by atoms with E-state index in [4.69, 9.17) is 11.6 Å². The van der Waals surface area contributed by atoms with E-state index in [0.717, 1.165) is 25.2 Å². The first-order valence-electron chi connectivity index (χ1n) is 8.70. The molecule has 0 radical (unpaired) electrons. The lowest BCUT2D eigenvalue weighted by atomic mass is 10.1. The zero-order chi connectivity index (χ0) is 19.4. The van der Waals surface area contributed by atoms with Gasteiger partial charge in [-0.05, 0) is 38.6 Å². The molecular formula is C19H25ClFN3OS. The SMILES string of the molecule is CCN(CC)CCN(C)C(=O)c1sc(-c2c(F)ccc(C)c2Cl)nc1C. The van der Waals surface area contributed by atoms with E-state index in [-0.39, 0.29) is 11.5 Å². The largest absolute Gasteiger partial charge is 0.340 e. The van der Waals surface area contributed by atoms with Crippen molar-refractivity contribution in [3.05, 3.63) is 39.1 Å². The van der Waals surface area contributed by atoms with Gasteiger partial charge >= 0.3 is 0 Å². The Labute approximate surface area is 163 Å². The Bertz CT molecular complexity index is 789. The lowest BCUT2D eigenvalue weighted by molar-refractivity contribution is 0.0783. The van der Waals surface area contributed by atoms with Crippen molar-refractivity contribution in [2.24, 2.45) is 0 Å². The van der Waals surface area contributed by atoms with Crippen molar-refractivity contribution >= 4 is 28.8 Å². The number of amides is 1. The molecule has 0 aliphatic heterocycles. The molecule has 0 bridgehead atoms. The number of aryl methyl sites for hydroxylation is 2. The second kappa shape index (κ2) is 8.93. The summed E-state index contributed by atoms with van der Waals surface area (Å²) in [6.45, 7) is 11.1. The molecule has 0 aliphatic rings. The van der Waals surface area contributed by atoms with Crippen LogP contribution >= 0.6 is 22.9 Å². The van der Waals surface area contributed by atoms with Gasteiger partial charge in [0.25, 0.3) is 5.91 Å². The standard InChI is InChI=1S/C19H25ClFN3OS/c1-6-24(7-2)11-10-23(5)19(25)17-13(4)22-18(26-17)15-14(21)9-8-12(3)16(15)20/h8-9H,6-7,10-11H2,1-5H3. The van der Waals surface area contributed by atoms with Gasteiger partial charge in [-0.25, -0.2) is 9.37 Å². The van der Waals surface area contributed by atoms with Crippen molar-refractivity contribution in [2.75, 3.05) is 33.2 Å². The van der Waals surface area contributed by atoms with Gasteiger partial charge in [0.2, 0.25) is 0 Å². The number of benzene rings is 1. The van der Waals surface area contributed by atoms with E-state index in [2.05, 4.69) is 23.7 Å². The molecule has 142 valence electrons. The second-order valence-electron chi connectivity index (χ2n) is 6.24. The van der Waals surface area contributed by atoms with Crippen LogP contribution in [0.15, 0.2) is 12.1 Å². The maximum absolute atomic E-state index is 14.3. The van der Waals surface area contributed by atoms with E-state index in [1.54, 1.807) is 24.9 Å². The Kier molecular flexibility index (Phi) is 7.15. The fraction of sp³-hybridized carbons (Fsp3) is 0.474. The maximum atomic E-state index is 14.3. The van der Waals surface area contributed by atoms with Crippen LogP contribution in [0, 0.1) is 19.7 Å². The highest BCUT2D eigenvalue weighted by molar-refractivity contribution is 7.17. The van der Waals surface area contributed by atoms with Gasteiger partial charge in [-0.3, -0.25) is 4.79 Å². The predicted molar refractivity (Wildman–Crippen MR) is 107 cm³/mol. The van der Waals surface area contributed by atoms with Crippen molar-refractivity contribution in [3.63, 3.8) is 0 Å². The van der Waals surface area contributed by atoms with Crippen LogP contribution in [0.4, 0.5) is 4.39 Å². The zero-order valence-electron chi connectivity index (χ0n) is 15.9. The third-order valence-electron chi connectivity index (χ3n) is 4.48. The predicted octanol–water partition coefficient (Wildman–Crippen LogP) is 4.63. The third-order valence-corrected chi connectivity index (χ3v) is 6.13. The first-order chi connectivity index (χ1) is 12.3. The van der Waals surface area contributed by atoms with Crippen LogP contribution in [-0.4, -0.2) is 53.9 Å². The molecule has 4 nitrogen and oxygen atoms in total. The number of rotatable bonds is 7. The van der Waals surface area contributed by atoms with E-state index in [1.807, 2.05) is 6.92 Å². The number of hydrogen-bond donors (Lipinski definition) is 0. The summed E-state index contributed by atoms with van der Waals surface area (Å²) in [6, 6.07) is 3.01. The number of carbonyl (C=O) groups is 1. The molecule has 1 amide bonds. The lowest BCUT2D eigenvalue weighted by Crippen LogP contribution is -2.36. The quantitative estimate of drug-likeness (QED) is 0.683. The molecule has 0 unspecified atom stereocenters. The monoisotopic (exact) mass is 397 g/mol. The normalized spacial score (nSPS) is 11.2. The fourth-order valence-electron chi connectivity index (χ4n) is 2.66. The molecule has 0 N–H and O–H groups in total. The molecule has 1 aromatic carbocycles. The van der Waals surface area contributed by atoms with Crippen LogP contribution in [0.3, 0.4) is 0 Å². The van der Waals surface area contributed by atoms with Gasteiger partial charge in [-0.1, -0.05) is 31.5 Å². The molecule has 26 heavy (non-hydrogen) atoms. The second-order valence-corrected chi connectivity index (χ2v) is 7.62. The summed E-state index contributed by atoms with van der Waals surface area (Å²) in [5.74, 6) is -0.522. The molecule has 2 rings (SSSR count). The number of thiazole rings is 1. The van der Waals surface area contributed by atoms with Gasteiger partial charge in [0.05, 0.1) is 16.3 Å². The molecule has 7 heteroatoms. The van der Waals surface area contributed by atoms with Crippen LogP contribution in [0.25, 0.3) is 10.6 Å². The van der Waals surface area contributed by atoms with Crippen molar-refractivity contribution < 1.29 is 9.18 Å². The highest BCUT2D eigenvalue weighted by atomic mass is 35.5. The smallest absolute Gasteiger partial charge is 0.265 e. The van der Waals surface area contributed by atoms with E-state index in [0.29, 0.717) is 27.1 Å². The summed E-state index contributed by atoms with van der Waals surface area (Å²) in [6.07, 6.45) is 0. The summed E-state index contributed by atoms with van der Waals surface area (Å²) in [7, 11) is 1.78. The van der Waals surface area contributed by atoms with Crippen molar-refractivity contribution in [1.29, 1.82) is 0 Å². The zero-order valence-corrected chi connectivity index (χ0v) is 17.5. The first-order valence-corrected chi connectivity index (χ1v) is 9.89. The molecule has 1 heterocycles. The summed E-state index contributed by atoms with van der Waals surface area (Å²) in [4.78, 5) is 21.7. The Morgan fingerprint density at radius 2 is 1.88 bits per heavy atom. The van der Waals surface area contributed by atoms with E-state index >= 15 is 0 Å². The van der Waals surface area contributed by atoms with Gasteiger partial charge in [0.1, 0.15) is 15.7 Å².